The molecule has 0 saturated heterocycles. The van der Waals surface area contributed by atoms with Crippen LogP contribution in [0.3, 0.4) is 0 Å². The van der Waals surface area contributed by atoms with E-state index < -0.39 is 0 Å². The third-order valence-electron chi connectivity index (χ3n) is 7.17. The van der Waals surface area contributed by atoms with Crippen molar-refractivity contribution in [3.8, 4) is 0 Å². The Bertz CT molecular complexity index is 844. The second-order valence-corrected chi connectivity index (χ2v) is 7.74. The van der Waals surface area contributed by atoms with Crippen LogP contribution in [0.1, 0.15) is 40.9 Å². The Kier molecular flexibility index (Phi) is 3.00. The second-order valence-electron chi connectivity index (χ2n) is 7.74. The van der Waals surface area contributed by atoms with Gasteiger partial charge in [0.2, 0.25) is 5.91 Å². The van der Waals surface area contributed by atoms with Gasteiger partial charge < -0.3 is 10.1 Å². The largest absolute Gasteiger partial charge is 0.384 e. The molecule has 1 unspecified atom stereocenters. The number of nitrogens with one attached hydrogen (secondary N) is 1. The number of ether oxygens (including phenoxy) is 1. The standard InChI is InChI=1S/C22H23NO2/c1-23-20(24)22-17(14-8-4-3-5-9-14)12-18-15-10-6-7-11-16(15)19(22)21(18,22)13-25-2/h3-11,17-19H,12-13H2,1-2H3,(H,23,24)/t17-,18+,19-,21+,22?/m1/s1. The number of carbonyl (C=O) groups is 1. The van der Waals surface area contributed by atoms with Crippen LogP contribution in [0.25, 0.3) is 0 Å². The van der Waals surface area contributed by atoms with Crippen molar-refractivity contribution in [3.05, 3.63) is 71.3 Å². The first kappa shape index (κ1) is 15.2. The first-order valence-electron chi connectivity index (χ1n) is 9.08. The van der Waals surface area contributed by atoms with Crippen LogP contribution in [0, 0.1) is 10.8 Å². The number of amides is 1. The van der Waals surface area contributed by atoms with E-state index in [1.54, 1.807) is 14.2 Å². The minimum atomic E-state index is -0.377. The van der Waals surface area contributed by atoms with Gasteiger partial charge in [-0.25, -0.2) is 0 Å². The van der Waals surface area contributed by atoms with Crippen LogP contribution < -0.4 is 5.32 Å². The monoisotopic (exact) mass is 333 g/mol. The summed E-state index contributed by atoms with van der Waals surface area (Å²) in [5.74, 6) is 1.09. The van der Waals surface area contributed by atoms with Crippen LogP contribution in [0.4, 0.5) is 0 Å². The fourth-order valence-electron chi connectivity index (χ4n) is 6.58. The summed E-state index contributed by atoms with van der Waals surface area (Å²) in [6, 6.07) is 19.3. The number of carbonyl (C=O) groups excluding carboxylic acids is 1. The minimum absolute atomic E-state index is 0.0912. The molecule has 2 saturated carbocycles. The van der Waals surface area contributed by atoms with Crippen molar-refractivity contribution in [1.82, 2.24) is 5.32 Å². The summed E-state index contributed by atoms with van der Waals surface area (Å²) in [5, 5.41) is 2.99. The molecule has 2 aromatic rings. The lowest BCUT2D eigenvalue weighted by Crippen LogP contribution is -2.37. The Hall–Kier alpha value is -2.13. The fourth-order valence-corrected chi connectivity index (χ4v) is 6.58. The molecule has 3 nitrogen and oxygen atoms in total. The van der Waals surface area contributed by atoms with Crippen molar-refractivity contribution in [2.24, 2.45) is 10.8 Å². The number of methoxy groups -OCH3 is 1. The lowest BCUT2D eigenvalue weighted by molar-refractivity contribution is -0.128. The van der Waals surface area contributed by atoms with Crippen LogP contribution >= 0.6 is 0 Å². The number of hydrogen-bond donors (Lipinski definition) is 1. The van der Waals surface area contributed by atoms with Gasteiger partial charge in [0.25, 0.3) is 0 Å². The predicted octanol–water partition coefficient (Wildman–Crippen LogP) is 3.43. The van der Waals surface area contributed by atoms with Crippen molar-refractivity contribution >= 4 is 5.91 Å². The van der Waals surface area contributed by atoms with E-state index >= 15 is 0 Å². The van der Waals surface area contributed by atoms with Gasteiger partial charge in [0.1, 0.15) is 0 Å². The molecule has 1 amide bonds. The fraction of sp³-hybridized carbons (Fsp3) is 0.409. The van der Waals surface area contributed by atoms with Gasteiger partial charge in [0, 0.05) is 31.4 Å². The van der Waals surface area contributed by atoms with E-state index in [1.807, 2.05) is 6.07 Å². The summed E-state index contributed by atoms with van der Waals surface area (Å²) in [7, 11) is 3.54. The highest BCUT2D eigenvalue weighted by Crippen LogP contribution is 2.92. The molecule has 0 radical (unpaired) electrons. The molecule has 25 heavy (non-hydrogen) atoms. The van der Waals surface area contributed by atoms with E-state index in [0.717, 1.165) is 6.42 Å². The molecule has 3 aliphatic rings. The van der Waals surface area contributed by atoms with E-state index in [4.69, 9.17) is 4.74 Å². The van der Waals surface area contributed by atoms with E-state index in [9.17, 15) is 4.79 Å². The molecule has 5 atom stereocenters. The highest BCUT2D eigenvalue weighted by Gasteiger charge is 2.91. The molecule has 1 N–H and O–H groups in total. The SMILES string of the molecule is CNC(=O)C12[C@@H](c3ccccc3)C[C@H]3c4ccccc4[C@@H]1[C@]32COC. The van der Waals surface area contributed by atoms with Crippen LogP contribution in [0.5, 0.6) is 0 Å². The van der Waals surface area contributed by atoms with Crippen molar-refractivity contribution in [2.45, 2.75) is 24.2 Å². The number of rotatable bonds is 4. The highest BCUT2D eigenvalue weighted by molar-refractivity contribution is 5.94. The summed E-state index contributed by atoms with van der Waals surface area (Å²) < 4.78 is 5.71. The van der Waals surface area contributed by atoms with E-state index in [2.05, 4.69) is 53.8 Å². The smallest absolute Gasteiger partial charge is 0.227 e. The number of hydrogen-bond acceptors (Lipinski definition) is 2. The van der Waals surface area contributed by atoms with Gasteiger partial charge in [-0.1, -0.05) is 54.6 Å². The zero-order chi connectivity index (χ0) is 17.2. The van der Waals surface area contributed by atoms with Crippen LogP contribution in [-0.2, 0) is 9.53 Å². The van der Waals surface area contributed by atoms with E-state index in [-0.39, 0.29) is 28.6 Å². The summed E-state index contributed by atoms with van der Waals surface area (Å²) >= 11 is 0. The lowest BCUT2D eigenvalue weighted by Gasteiger charge is -2.25. The minimum Gasteiger partial charge on any atom is -0.384 e. The van der Waals surface area contributed by atoms with Crippen molar-refractivity contribution < 1.29 is 9.53 Å². The van der Waals surface area contributed by atoms with Gasteiger partial charge >= 0.3 is 0 Å². The Morgan fingerprint density at radius 2 is 1.76 bits per heavy atom. The van der Waals surface area contributed by atoms with Gasteiger partial charge in [0.05, 0.1) is 12.0 Å². The Morgan fingerprint density at radius 3 is 2.44 bits per heavy atom. The van der Waals surface area contributed by atoms with Crippen molar-refractivity contribution in [1.29, 1.82) is 0 Å². The molecule has 0 bridgehead atoms. The van der Waals surface area contributed by atoms with Gasteiger partial charge in [-0.3, -0.25) is 4.79 Å². The molecule has 2 aromatic carbocycles. The molecule has 0 aliphatic heterocycles. The van der Waals surface area contributed by atoms with Gasteiger partial charge in [-0.05, 0) is 29.0 Å². The maximum atomic E-state index is 13.3. The van der Waals surface area contributed by atoms with Gasteiger partial charge in [0.15, 0.2) is 0 Å². The second kappa shape index (κ2) is 4.95. The first-order valence-corrected chi connectivity index (χ1v) is 9.08. The molecule has 0 spiro atoms. The Labute approximate surface area is 148 Å². The van der Waals surface area contributed by atoms with E-state index in [1.165, 1.54) is 16.7 Å². The maximum Gasteiger partial charge on any atom is 0.227 e. The average molecular weight is 333 g/mol. The Balaban J connectivity index is 1.74. The summed E-state index contributed by atoms with van der Waals surface area (Å²) in [5.41, 5.74) is 3.61. The van der Waals surface area contributed by atoms with Crippen molar-refractivity contribution in [3.63, 3.8) is 0 Å². The number of fused-ring (bicyclic) bond motifs is 4. The number of benzene rings is 2. The van der Waals surface area contributed by atoms with Gasteiger partial charge in [-0.15, -0.1) is 0 Å². The third-order valence-corrected chi connectivity index (χ3v) is 7.17. The zero-order valence-corrected chi connectivity index (χ0v) is 14.7. The molecule has 0 heterocycles. The quantitative estimate of drug-likeness (QED) is 0.931. The molecule has 3 aliphatic carbocycles. The van der Waals surface area contributed by atoms with Crippen molar-refractivity contribution in [2.75, 3.05) is 20.8 Å². The summed E-state index contributed by atoms with van der Waals surface area (Å²) in [6.45, 7) is 0.647. The first-order chi connectivity index (χ1) is 12.2. The highest BCUT2D eigenvalue weighted by atomic mass is 16.5. The molecule has 5 rings (SSSR count). The van der Waals surface area contributed by atoms with Crippen LogP contribution in [-0.4, -0.2) is 26.7 Å². The molecule has 0 aromatic heterocycles. The molecule has 2 fully saturated rings. The van der Waals surface area contributed by atoms with Gasteiger partial charge in [-0.2, -0.15) is 0 Å². The Morgan fingerprint density at radius 1 is 1.08 bits per heavy atom. The molecule has 128 valence electrons. The summed E-state index contributed by atoms with van der Waals surface area (Å²) in [6.07, 6.45) is 1.02. The third kappa shape index (κ3) is 1.50. The topological polar surface area (TPSA) is 38.3 Å². The normalized spacial score (nSPS) is 36.6. The van der Waals surface area contributed by atoms with E-state index in [0.29, 0.717) is 12.5 Å². The lowest BCUT2D eigenvalue weighted by atomic mass is 9.79. The summed E-state index contributed by atoms with van der Waals surface area (Å²) in [4.78, 5) is 13.3. The zero-order valence-electron chi connectivity index (χ0n) is 14.7. The average Bonchev–Trinajstić information content (AvgIpc) is 3.07. The predicted molar refractivity (Wildman–Crippen MR) is 96.5 cm³/mol. The van der Waals surface area contributed by atoms with Crippen LogP contribution in [0.2, 0.25) is 0 Å². The molecular weight excluding hydrogens is 310 g/mol. The van der Waals surface area contributed by atoms with Crippen LogP contribution in [0.15, 0.2) is 54.6 Å². The molecular formula is C22H23NO2. The molecule has 3 heteroatoms. The maximum absolute atomic E-state index is 13.3.